The zero-order chi connectivity index (χ0) is 10.9. The van der Waals surface area contributed by atoms with Crippen LogP contribution in [-0.4, -0.2) is 32.5 Å². The zero-order valence-electron chi connectivity index (χ0n) is 9.41. The van der Waals surface area contributed by atoms with E-state index in [0.29, 0.717) is 0 Å². The summed E-state index contributed by atoms with van der Waals surface area (Å²) in [6.07, 6.45) is 8.31. The summed E-state index contributed by atoms with van der Waals surface area (Å²) in [5.41, 5.74) is 0. The van der Waals surface area contributed by atoms with Crippen LogP contribution in [0, 0.1) is 5.92 Å². The SMILES string of the molecule is CS(=O)(=O)C1CCCC1NCC1CCC1. The highest BCUT2D eigenvalue weighted by Crippen LogP contribution is 2.28. The van der Waals surface area contributed by atoms with Gasteiger partial charge in [0.2, 0.25) is 0 Å². The summed E-state index contributed by atoms with van der Waals surface area (Å²) >= 11 is 0. The van der Waals surface area contributed by atoms with Crippen LogP contribution < -0.4 is 5.32 Å². The molecule has 2 unspecified atom stereocenters. The lowest BCUT2D eigenvalue weighted by Crippen LogP contribution is -2.42. The first-order valence-corrected chi connectivity index (χ1v) is 7.95. The Morgan fingerprint density at radius 3 is 2.33 bits per heavy atom. The number of hydrogen-bond acceptors (Lipinski definition) is 3. The minimum absolute atomic E-state index is 0.127. The van der Waals surface area contributed by atoms with E-state index in [1.807, 2.05) is 0 Å². The fourth-order valence-electron chi connectivity index (χ4n) is 2.69. The summed E-state index contributed by atoms with van der Waals surface area (Å²) in [5.74, 6) is 0.811. The summed E-state index contributed by atoms with van der Waals surface area (Å²) in [6, 6.07) is 0.223. The quantitative estimate of drug-likeness (QED) is 0.794. The normalized spacial score (nSPS) is 32.9. The number of sulfone groups is 1. The third kappa shape index (κ3) is 2.72. The average molecular weight is 231 g/mol. The van der Waals surface area contributed by atoms with E-state index < -0.39 is 9.84 Å². The smallest absolute Gasteiger partial charge is 0.151 e. The number of rotatable bonds is 4. The van der Waals surface area contributed by atoms with Gasteiger partial charge in [0.05, 0.1) is 5.25 Å². The van der Waals surface area contributed by atoms with Gasteiger partial charge in [-0.05, 0) is 38.1 Å². The molecular formula is C11H21NO2S. The van der Waals surface area contributed by atoms with Crippen LogP contribution in [-0.2, 0) is 9.84 Å². The van der Waals surface area contributed by atoms with Crippen LogP contribution in [0.1, 0.15) is 38.5 Å². The maximum absolute atomic E-state index is 11.5. The van der Waals surface area contributed by atoms with Crippen LogP contribution in [0.25, 0.3) is 0 Å². The van der Waals surface area contributed by atoms with Crippen LogP contribution in [0.4, 0.5) is 0 Å². The Morgan fingerprint density at radius 2 is 1.80 bits per heavy atom. The van der Waals surface area contributed by atoms with Crippen molar-refractivity contribution < 1.29 is 8.42 Å². The third-order valence-corrected chi connectivity index (χ3v) is 5.56. The second-order valence-electron chi connectivity index (χ2n) is 5.11. The van der Waals surface area contributed by atoms with Crippen LogP contribution >= 0.6 is 0 Å². The maximum atomic E-state index is 11.5. The van der Waals surface area contributed by atoms with E-state index in [1.54, 1.807) is 0 Å². The van der Waals surface area contributed by atoms with E-state index in [2.05, 4.69) is 5.32 Å². The lowest BCUT2D eigenvalue weighted by Gasteiger charge is -2.28. The summed E-state index contributed by atoms with van der Waals surface area (Å²) in [7, 11) is -2.85. The highest BCUT2D eigenvalue weighted by atomic mass is 32.2. The van der Waals surface area contributed by atoms with Crippen molar-refractivity contribution in [3.05, 3.63) is 0 Å². The second-order valence-corrected chi connectivity index (χ2v) is 7.38. The van der Waals surface area contributed by atoms with Crippen LogP contribution in [0.15, 0.2) is 0 Å². The molecular weight excluding hydrogens is 210 g/mol. The summed E-state index contributed by atoms with van der Waals surface area (Å²) < 4.78 is 23.1. The van der Waals surface area contributed by atoms with Crippen molar-refractivity contribution in [3.63, 3.8) is 0 Å². The van der Waals surface area contributed by atoms with E-state index >= 15 is 0 Å². The molecule has 0 radical (unpaired) electrons. The molecule has 0 saturated heterocycles. The predicted octanol–water partition coefficient (Wildman–Crippen LogP) is 1.34. The molecule has 0 aliphatic heterocycles. The van der Waals surface area contributed by atoms with Gasteiger partial charge in [-0.15, -0.1) is 0 Å². The first-order chi connectivity index (χ1) is 7.07. The van der Waals surface area contributed by atoms with E-state index in [9.17, 15) is 8.42 Å². The van der Waals surface area contributed by atoms with E-state index in [4.69, 9.17) is 0 Å². The molecule has 0 aromatic rings. The Hall–Kier alpha value is -0.0900. The lowest BCUT2D eigenvalue weighted by atomic mass is 9.85. The van der Waals surface area contributed by atoms with E-state index in [0.717, 1.165) is 31.7 Å². The molecule has 2 saturated carbocycles. The number of nitrogens with one attached hydrogen (secondary N) is 1. The topological polar surface area (TPSA) is 46.2 Å². The summed E-state index contributed by atoms with van der Waals surface area (Å²) in [6.45, 7) is 1.02. The fourth-order valence-corrected chi connectivity index (χ4v) is 4.11. The Morgan fingerprint density at radius 1 is 1.13 bits per heavy atom. The van der Waals surface area contributed by atoms with Crippen molar-refractivity contribution in [1.82, 2.24) is 5.32 Å². The standard InChI is InChI=1S/C11H21NO2S/c1-15(13,14)11-7-3-6-10(11)12-8-9-4-2-5-9/h9-12H,2-8H2,1H3. The molecule has 2 aliphatic rings. The first-order valence-electron chi connectivity index (χ1n) is 5.99. The molecule has 0 spiro atoms. The van der Waals surface area contributed by atoms with Crippen molar-refractivity contribution in [2.45, 2.75) is 49.8 Å². The van der Waals surface area contributed by atoms with Gasteiger partial charge >= 0.3 is 0 Å². The summed E-state index contributed by atoms with van der Waals surface area (Å²) in [4.78, 5) is 0. The van der Waals surface area contributed by atoms with Gasteiger partial charge in [-0.1, -0.05) is 12.8 Å². The van der Waals surface area contributed by atoms with Crippen molar-refractivity contribution in [2.24, 2.45) is 5.92 Å². The molecule has 3 nitrogen and oxygen atoms in total. The number of hydrogen-bond donors (Lipinski definition) is 1. The molecule has 2 atom stereocenters. The average Bonchev–Trinajstić information content (AvgIpc) is 2.48. The van der Waals surface area contributed by atoms with E-state index in [1.165, 1.54) is 25.5 Å². The van der Waals surface area contributed by atoms with Gasteiger partial charge < -0.3 is 5.32 Å². The molecule has 88 valence electrons. The van der Waals surface area contributed by atoms with Gasteiger partial charge in [-0.2, -0.15) is 0 Å². The lowest BCUT2D eigenvalue weighted by molar-refractivity contribution is 0.289. The van der Waals surface area contributed by atoms with Gasteiger partial charge in [0.25, 0.3) is 0 Å². The predicted molar refractivity (Wildman–Crippen MR) is 61.6 cm³/mol. The monoisotopic (exact) mass is 231 g/mol. The molecule has 1 N–H and O–H groups in total. The molecule has 0 aromatic heterocycles. The van der Waals surface area contributed by atoms with Gasteiger partial charge in [-0.25, -0.2) is 8.42 Å². The highest BCUT2D eigenvalue weighted by molar-refractivity contribution is 7.91. The van der Waals surface area contributed by atoms with Crippen molar-refractivity contribution in [2.75, 3.05) is 12.8 Å². The third-order valence-electron chi connectivity index (χ3n) is 3.90. The van der Waals surface area contributed by atoms with Crippen LogP contribution in [0.2, 0.25) is 0 Å². The molecule has 4 heteroatoms. The minimum Gasteiger partial charge on any atom is -0.312 e. The van der Waals surface area contributed by atoms with Crippen LogP contribution in [0.3, 0.4) is 0 Å². The highest BCUT2D eigenvalue weighted by Gasteiger charge is 2.34. The largest absolute Gasteiger partial charge is 0.312 e. The minimum atomic E-state index is -2.85. The molecule has 15 heavy (non-hydrogen) atoms. The molecule has 0 bridgehead atoms. The maximum Gasteiger partial charge on any atom is 0.151 e. The Bertz CT molecular complexity index is 309. The molecule has 0 aromatic carbocycles. The Balaban J connectivity index is 1.84. The van der Waals surface area contributed by atoms with Gasteiger partial charge in [0, 0.05) is 12.3 Å². The first kappa shape index (κ1) is 11.4. The molecule has 2 fully saturated rings. The van der Waals surface area contributed by atoms with Crippen molar-refractivity contribution >= 4 is 9.84 Å². The molecule has 2 rings (SSSR count). The molecule has 0 heterocycles. The Labute approximate surface area is 92.6 Å². The second kappa shape index (κ2) is 4.42. The fraction of sp³-hybridized carbons (Fsp3) is 1.00. The Kier molecular flexibility index (Phi) is 3.36. The molecule has 2 aliphatic carbocycles. The summed E-state index contributed by atoms with van der Waals surface area (Å²) in [5, 5.41) is 3.33. The van der Waals surface area contributed by atoms with Crippen LogP contribution in [0.5, 0.6) is 0 Å². The van der Waals surface area contributed by atoms with Gasteiger partial charge in [0.15, 0.2) is 9.84 Å². The molecule has 0 amide bonds. The van der Waals surface area contributed by atoms with Crippen molar-refractivity contribution in [1.29, 1.82) is 0 Å². The van der Waals surface area contributed by atoms with E-state index in [-0.39, 0.29) is 11.3 Å². The van der Waals surface area contributed by atoms with Gasteiger partial charge in [0.1, 0.15) is 0 Å². The van der Waals surface area contributed by atoms with Crippen molar-refractivity contribution in [3.8, 4) is 0 Å². The van der Waals surface area contributed by atoms with Gasteiger partial charge in [-0.3, -0.25) is 0 Å². The zero-order valence-corrected chi connectivity index (χ0v) is 10.2.